The van der Waals surface area contributed by atoms with E-state index in [9.17, 15) is 9.59 Å². The predicted molar refractivity (Wildman–Crippen MR) is 110 cm³/mol. The number of rotatable bonds is 4. The van der Waals surface area contributed by atoms with Gasteiger partial charge in [-0.05, 0) is 29.5 Å². The Morgan fingerprint density at radius 1 is 1.17 bits per heavy atom. The molecule has 0 bridgehead atoms. The third-order valence-electron chi connectivity index (χ3n) is 5.30. The molecule has 0 radical (unpaired) electrons. The molecule has 2 aromatic carbocycles. The van der Waals surface area contributed by atoms with Gasteiger partial charge in [0, 0.05) is 19.2 Å². The van der Waals surface area contributed by atoms with Crippen LogP contribution in [0, 0.1) is 0 Å². The number of aromatic nitrogens is 3. The summed E-state index contributed by atoms with van der Waals surface area (Å²) in [6.07, 6.45) is 1.08. The zero-order valence-corrected chi connectivity index (χ0v) is 16.4. The van der Waals surface area contributed by atoms with E-state index < -0.39 is 11.9 Å². The molecule has 4 rings (SSSR count). The third-order valence-corrected chi connectivity index (χ3v) is 5.30. The van der Waals surface area contributed by atoms with Gasteiger partial charge >= 0.3 is 0 Å². The average molecular weight is 389 g/mol. The first-order valence-electron chi connectivity index (χ1n) is 9.65. The Kier molecular flexibility index (Phi) is 5.12. The molecular formula is C22H23N5O2. The Hall–Kier alpha value is -3.48. The van der Waals surface area contributed by atoms with Crippen molar-refractivity contribution in [1.82, 2.24) is 20.5 Å². The van der Waals surface area contributed by atoms with Crippen molar-refractivity contribution in [2.45, 2.75) is 31.7 Å². The van der Waals surface area contributed by atoms with Crippen molar-refractivity contribution in [2.75, 3.05) is 11.9 Å². The van der Waals surface area contributed by atoms with Gasteiger partial charge in [0.05, 0.1) is 0 Å². The Balaban J connectivity index is 1.48. The van der Waals surface area contributed by atoms with Gasteiger partial charge in [-0.25, -0.2) is 4.98 Å². The third kappa shape index (κ3) is 3.89. The summed E-state index contributed by atoms with van der Waals surface area (Å²) in [6, 6.07) is 17.0. The Labute approximate surface area is 169 Å². The number of benzene rings is 2. The summed E-state index contributed by atoms with van der Waals surface area (Å²) in [5, 5.41) is 9.66. The highest BCUT2D eigenvalue weighted by Crippen LogP contribution is 2.33. The number of likely N-dealkylation sites (N-methyl/N-ethyl adjacent to an activating group) is 1. The number of para-hydroxylation sites is 1. The highest BCUT2D eigenvalue weighted by molar-refractivity contribution is 6.02. The number of amides is 2. The summed E-state index contributed by atoms with van der Waals surface area (Å²) >= 11 is 0. The summed E-state index contributed by atoms with van der Waals surface area (Å²) in [7, 11) is 1.74. The van der Waals surface area contributed by atoms with Crippen LogP contribution in [-0.2, 0) is 11.2 Å². The van der Waals surface area contributed by atoms with Crippen molar-refractivity contribution in [3.05, 3.63) is 77.4 Å². The molecule has 7 nitrogen and oxygen atoms in total. The van der Waals surface area contributed by atoms with Crippen LogP contribution in [0.5, 0.6) is 0 Å². The first-order valence-corrected chi connectivity index (χ1v) is 9.65. The lowest BCUT2D eigenvalue weighted by molar-refractivity contribution is -0.120. The molecule has 1 aliphatic rings. The Morgan fingerprint density at radius 2 is 1.90 bits per heavy atom. The van der Waals surface area contributed by atoms with Gasteiger partial charge in [-0.2, -0.15) is 0 Å². The van der Waals surface area contributed by atoms with Crippen LogP contribution in [0.1, 0.15) is 46.8 Å². The van der Waals surface area contributed by atoms with Crippen LogP contribution in [0.15, 0.2) is 54.6 Å². The Morgan fingerprint density at radius 3 is 2.69 bits per heavy atom. The maximum absolute atomic E-state index is 12.9. The average Bonchev–Trinajstić information content (AvgIpc) is 3.18. The minimum absolute atomic E-state index is 0.0424. The van der Waals surface area contributed by atoms with Crippen molar-refractivity contribution >= 4 is 17.5 Å². The molecule has 7 heteroatoms. The molecule has 0 fully saturated rings. The van der Waals surface area contributed by atoms with E-state index in [1.807, 2.05) is 54.6 Å². The van der Waals surface area contributed by atoms with Crippen molar-refractivity contribution in [3.63, 3.8) is 0 Å². The summed E-state index contributed by atoms with van der Waals surface area (Å²) in [5.41, 5.74) is 3.05. The fraction of sp³-hybridized carbons (Fsp3) is 0.273. The second kappa shape index (κ2) is 7.87. The summed E-state index contributed by atoms with van der Waals surface area (Å²) < 4.78 is 0. The second-order valence-corrected chi connectivity index (χ2v) is 7.39. The van der Waals surface area contributed by atoms with Gasteiger partial charge in [-0.15, -0.1) is 5.10 Å². The monoisotopic (exact) mass is 389 g/mol. The van der Waals surface area contributed by atoms with Crippen molar-refractivity contribution in [1.29, 1.82) is 0 Å². The molecular weight excluding hydrogens is 366 g/mol. The zero-order valence-electron chi connectivity index (χ0n) is 16.4. The van der Waals surface area contributed by atoms with E-state index in [0.29, 0.717) is 18.7 Å². The molecule has 29 heavy (non-hydrogen) atoms. The van der Waals surface area contributed by atoms with Gasteiger partial charge < -0.3 is 10.2 Å². The number of nitrogens with zero attached hydrogens (tertiary/aromatic N) is 3. The second-order valence-electron chi connectivity index (χ2n) is 7.39. The number of hydrogen-bond donors (Lipinski definition) is 2. The number of hydrogen-bond acceptors (Lipinski definition) is 4. The number of aromatic amines is 1. The molecule has 0 aliphatic carbocycles. The van der Waals surface area contributed by atoms with E-state index in [1.54, 1.807) is 11.9 Å². The van der Waals surface area contributed by atoms with Gasteiger partial charge in [0.15, 0.2) is 0 Å². The minimum atomic E-state index is -0.633. The predicted octanol–water partition coefficient (Wildman–Crippen LogP) is 2.66. The number of carbonyl (C=O) groups is 2. The molecule has 0 unspecified atom stereocenters. The highest BCUT2D eigenvalue weighted by atomic mass is 16.2. The molecule has 1 aromatic heterocycles. The lowest BCUT2D eigenvalue weighted by Gasteiger charge is -2.21. The van der Waals surface area contributed by atoms with E-state index in [-0.39, 0.29) is 17.6 Å². The van der Waals surface area contributed by atoms with Gasteiger partial charge in [-0.1, -0.05) is 55.5 Å². The smallest absolute Gasteiger partial charge is 0.291 e. The topological polar surface area (TPSA) is 91.0 Å². The number of nitrogens with one attached hydrogen (secondary N) is 2. The van der Waals surface area contributed by atoms with Crippen molar-refractivity contribution in [3.8, 4) is 0 Å². The number of carbonyl (C=O) groups excluding carboxylic acids is 2. The number of H-pyrrole nitrogens is 1. The molecule has 0 saturated heterocycles. The van der Waals surface area contributed by atoms with E-state index in [2.05, 4.69) is 27.4 Å². The molecule has 3 aromatic rings. The maximum atomic E-state index is 12.9. The lowest BCUT2D eigenvalue weighted by Crippen LogP contribution is -2.47. The normalized spacial score (nSPS) is 18.8. The number of anilines is 1. The first-order chi connectivity index (χ1) is 14.0. The molecule has 0 saturated carbocycles. The van der Waals surface area contributed by atoms with Crippen LogP contribution in [0.3, 0.4) is 0 Å². The Bertz CT molecular complexity index is 1030. The summed E-state index contributed by atoms with van der Waals surface area (Å²) in [5.74, 6) is 0.180. The summed E-state index contributed by atoms with van der Waals surface area (Å²) in [4.78, 5) is 31.5. The molecule has 2 N–H and O–H groups in total. The quantitative estimate of drug-likeness (QED) is 0.718. The van der Waals surface area contributed by atoms with Crippen LogP contribution in [-0.4, -0.2) is 40.1 Å². The van der Waals surface area contributed by atoms with Crippen molar-refractivity contribution in [2.24, 2.45) is 0 Å². The molecule has 2 atom stereocenters. The summed E-state index contributed by atoms with van der Waals surface area (Å²) in [6.45, 7) is 2.06. The van der Waals surface area contributed by atoms with Gasteiger partial charge in [0.2, 0.25) is 11.7 Å². The van der Waals surface area contributed by atoms with Crippen LogP contribution in [0.2, 0.25) is 0 Å². The lowest BCUT2D eigenvalue weighted by atomic mass is 9.94. The van der Waals surface area contributed by atoms with Crippen LogP contribution in [0.4, 0.5) is 5.69 Å². The number of fused-ring (bicyclic) bond motifs is 1. The standard InChI is InChI=1S/C22H23N5O2/c1-14-12-17(22(29)27(2)18-11-7-6-10-16(14)18)23-21(28)20-24-19(25-26-20)13-15-8-4-3-5-9-15/h3-11,14,17H,12-13H2,1-2H3,(H,23,28)(H,24,25,26)/t14-,17-/m0/s1. The highest BCUT2D eigenvalue weighted by Gasteiger charge is 2.33. The van der Waals surface area contributed by atoms with E-state index in [0.717, 1.165) is 16.8 Å². The van der Waals surface area contributed by atoms with E-state index in [4.69, 9.17) is 0 Å². The molecule has 2 amide bonds. The fourth-order valence-electron chi connectivity index (χ4n) is 3.75. The largest absolute Gasteiger partial charge is 0.337 e. The van der Waals surface area contributed by atoms with Gasteiger partial charge in [0.25, 0.3) is 5.91 Å². The molecule has 0 spiro atoms. The van der Waals surface area contributed by atoms with Gasteiger partial charge in [-0.3, -0.25) is 14.7 Å². The van der Waals surface area contributed by atoms with Gasteiger partial charge in [0.1, 0.15) is 11.9 Å². The molecule has 148 valence electrons. The van der Waals surface area contributed by atoms with E-state index in [1.165, 1.54) is 0 Å². The molecule has 2 heterocycles. The van der Waals surface area contributed by atoms with E-state index >= 15 is 0 Å². The van der Waals surface area contributed by atoms with Crippen molar-refractivity contribution < 1.29 is 9.59 Å². The van der Waals surface area contributed by atoms with Crippen LogP contribution < -0.4 is 10.2 Å². The SMILES string of the molecule is C[C@H]1C[C@H](NC(=O)c2n[nH]c(Cc3ccccc3)n2)C(=O)N(C)c2ccccc21. The van der Waals surface area contributed by atoms with Crippen LogP contribution >= 0.6 is 0 Å². The minimum Gasteiger partial charge on any atom is -0.337 e. The fourth-order valence-corrected chi connectivity index (χ4v) is 3.75. The maximum Gasteiger partial charge on any atom is 0.291 e. The van der Waals surface area contributed by atoms with Crippen LogP contribution in [0.25, 0.3) is 0 Å². The first kappa shape index (κ1) is 18.9. The molecule has 1 aliphatic heterocycles. The zero-order chi connectivity index (χ0) is 20.4.